The molecule has 0 aromatic carbocycles. The molecule has 1 aromatic heterocycles. The van der Waals surface area contributed by atoms with Gasteiger partial charge in [-0.25, -0.2) is 23.5 Å². The average molecular weight is 378 g/mol. The molecular formula is C15H15F5N4O2. The first-order valence-electron chi connectivity index (χ1n) is 7.85. The molecule has 26 heavy (non-hydrogen) atoms. The number of nitrogens with zero attached hydrogens (tertiary/aromatic N) is 3. The van der Waals surface area contributed by atoms with E-state index in [1.165, 1.54) is 0 Å². The summed E-state index contributed by atoms with van der Waals surface area (Å²) in [5, 5.41) is 2.99. The number of carbonyl (C=O) groups excluding carboxylic acids is 2. The van der Waals surface area contributed by atoms with E-state index in [9.17, 15) is 31.5 Å². The molecule has 2 saturated heterocycles. The third-order valence-electron chi connectivity index (χ3n) is 4.59. The summed E-state index contributed by atoms with van der Waals surface area (Å²) in [6.45, 7) is -0.204. The van der Waals surface area contributed by atoms with E-state index in [-0.39, 0.29) is 18.5 Å². The fourth-order valence-corrected chi connectivity index (χ4v) is 3.34. The van der Waals surface area contributed by atoms with Crippen LogP contribution in [0.2, 0.25) is 0 Å². The summed E-state index contributed by atoms with van der Waals surface area (Å²) in [5.41, 5.74) is -2.77. The van der Waals surface area contributed by atoms with E-state index in [1.807, 2.05) is 0 Å². The minimum atomic E-state index is -4.67. The molecule has 0 aliphatic carbocycles. The molecule has 3 amide bonds. The van der Waals surface area contributed by atoms with Crippen molar-refractivity contribution in [2.24, 2.45) is 0 Å². The van der Waals surface area contributed by atoms with E-state index in [2.05, 4.69) is 10.3 Å². The smallest absolute Gasteiger partial charge is 0.317 e. The van der Waals surface area contributed by atoms with Gasteiger partial charge in [-0.15, -0.1) is 0 Å². The summed E-state index contributed by atoms with van der Waals surface area (Å²) >= 11 is 0. The lowest BCUT2D eigenvalue weighted by Crippen LogP contribution is -2.56. The Morgan fingerprint density at radius 1 is 1.19 bits per heavy atom. The van der Waals surface area contributed by atoms with Gasteiger partial charge in [-0.1, -0.05) is 0 Å². The highest BCUT2D eigenvalue weighted by molar-refractivity contribution is 6.23. The van der Waals surface area contributed by atoms with E-state index in [0.29, 0.717) is 24.1 Å². The quantitative estimate of drug-likeness (QED) is 0.647. The zero-order valence-corrected chi connectivity index (χ0v) is 13.4. The molecule has 2 fully saturated rings. The molecule has 0 bridgehead atoms. The summed E-state index contributed by atoms with van der Waals surface area (Å²) in [6, 6.07) is 0.603. The summed E-state index contributed by atoms with van der Waals surface area (Å²) in [5.74, 6) is -0.716. The van der Waals surface area contributed by atoms with Crippen LogP contribution in [-0.2, 0) is 11.0 Å². The van der Waals surface area contributed by atoms with Crippen LogP contribution < -0.4 is 10.2 Å². The molecule has 6 nitrogen and oxygen atoms in total. The Morgan fingerprint density at radius 2 is 1.85 bits per heavy atom. The van der Waals surface area contributed by atoms with Crippen LogP contribution in [0.1, 0.15) is 18.5 Å². The third kappa shape index (κ3) is 3.00. The van der Waals surface area contributed by atoms with Crippen molar-refractivity contribution in [1.29, 1.82) is 0 Å². The van der Waals surface area contributed by atoms with Gasteiger partial charge in [0.05, 0.1) is 18.4 Å². The molecule has 0 unspecified atom stereocenters. The van der Waals surface area contributed by atoms with Crippen LogP contribution in [0, 0.1) is 0 Å². The van der Waals surface area contributed by atoms with Crippen LogP contribution >= 0.6 is 0 Å². The standard InChI is InChI=1S/C15H15F5N4O2/c16-11(17)8-23-13(26)24(12(25)14(23)3-5-21-6-4-14)9-1-2-10(22-7-9)15(18,19)20/h1-2,7,11,21H,3-6,8H2. The second-order valence-electron chi connectivity index (χ2n) is 6.11. The molecule has 2 aliphatic heterocycles. The number of anilines is 1. The first-order chi connectivity index (χ1) is 12.2. The second-order valence-corrected chi connectivity index (χ2v) is 6.11. The van der Waals surface area contributed by atoms with Gasteiger partial charge in [-0.2, -0.15) is 13.2 Å². The van der Waals surface area contributed by atoms with Gasteiger partial charge in [0.1, 0.15) is 11.2 Å². The molecule has 0 atom stereocenters. The average Bonchev–Trinajstić information content (AvgIpc) is 2.76. The molecule has 1 spiro atoms. The summed E-state index contributed by atoms with van der Waals surface area (Å²) in [7, 11) is 0. The molecular weight excluding hydrogens is 363 g/mol. The van der Waals surface area contributed by atoms with E-state index in [1.54, 1.807) is 0 Å². The van der Waals surface area contributed by atoms with Crippen molar-refractivity contribution in [1.82, 2.24) is 15.2 Å². The first-order valence-corrected chi connectivity index (χ1v) is 7.85. The number of hydrogen-bond acceptors (Lipinski definition) is 4. The van der Waals surface area contributed by atoms with Crippen LogP contribution in [-0.4, -0.2) is 53.4 Å². The lowest BCUT2D eigenvalue weighted by atomic mass is 9.86. The highest BCUT2D eigenvalue weighted by atomic mass is 19.4. The van der Waals surface area contributed by atoms with Gasteiger partial charge in [0, 0.05) is 0 Å². The zero-order valence-electron chi connectivity index (χ0n) is 13.4. The molecule has 0 radical (unpaired) electrons. The maximum Gasteiger partial charge on any atom is 0.433 e. The Morgan fingerprint density at radius 3 is 2.35 bits per heavy atom. The maximum atomic E-state index is 13.0. The number of rotatable bonds is 3. The molecule has 1 aromatic rings. The van der Waals surface area contributed by atoms with E-state index in [0.717, 1.165) is 17.2 Å². The molecule has 0 saturated carbocycles. The predicted molar refractivity (Wildman–Crippen MR) is 79.7 cm³/mol. The number of hydrogen-bond donors (Lipinski definition) is 1. The Labute approximate surface area is 145 Å². The van der Waals surface area contributed by atoms with Gasteiger partial charge in [0.2, 0.25) is 0 Å². The maximum absolute atomic E-state index is 13.0. The SMILES string of the molecule is O=C1N(c2ccc(C(F)(F)F)nc2)C(=O)C2(CCNCC2)N1CC(F)F. The Bertz CT molecular complexity index is 701. The summed E-state index contributed by atoms with van der Waals surface area (Å²) < 4.78 is 63.8. The van der Waals surface area contributed by atoms with Crippen molar-refractivity contribution in [3.63, 3.8) is 0 Å². The molecule has 2 aliphatic rings. The highest BCUT2D eigenvalue weighted by Crippen LogP contribution is 2.39. The number of carbonyl (C=O) groups is 2. The van der Waals surface area contributed by atoms with Crippen LogP contribution in [0.4, 0.5) is 32.4 Å². The second kappa shape index (κ2) is 6.45. The number of urea groups is 1. The number of piperidine rings is 1. The number of imide groups is 1. The van der Waals surface area contributed by atoms with Crippen molar-refractivity contribution in [3.05, 3.63) is 24.0 Å². The molecule has 142 valence electrons. The number of halogens is 5. The van der Waals surface area contributed by atoms with E-state index >= 15 is 0 Å². The summed E-state index contributed by atoms with van der Waals surface area (Å²) in [6.07, 6.45) is -6.47. The Balaban J connectivity index is 1.97. The van der Waals surface area contributed by atoms with Gasteiger partial charge < -0.3 is 10.2 Å². The fourth-order valence-electron chi connectivity index (χ4n) is 3.34. The lowest BCUT2D eigenvalue weighted by Gasteiger charge is -2.38. The minimum Gasteiger partial charge on any atom is -0.317 e. The van der Waals surface area contributed by atoms with Crippen molar-refractivity contribution < 1.29 is 31.5 Å². The van der Waals surface area contributed by atoms with Crippen LogP contribution in [0.15, 0.2) is 18.3 Å². The summed E-state index contributed by atoms with van der Waals surface area (Å²) in [4.78, 5) is 30.2. The van der Waals surface area contributed by atoms with Crippen molar-refractivity contribution in [2.45, 2.75) is 31.0 Å². The number of aromatic nitrogens is 1. The monoisotopic (exact) mass is 378 g/mol. The van der Waals surface area contributed by atoms with Crippen LogP contribution in [0.3, 0.4) is 0 Å². The third-order valence-corrected chi connectivity index (χ3v) is 4.59. The normalized spacial score (nSPS) is 20.5. The Kier molecular flexibility index (Phi) is 4.59. The predicted octanol–water partition coefficient (Wildman–Crippen LogP) is 2.26. The van der Waals surface area contributed by atoms with E-state index < -0.39 is 42.3 Å². The van der Waals surface area contributed by atoms with Gasteiger partial charge in [-0.3, -0.25) is 4.79 Å². The van der Waals surface area contributed by atoms with E-state index in [4.69, 9.17) is 0 Å². The molecule has 1 N–H and O–H groups in total. The first kappa shape index (κ1) is 18.5. The van der Waals surface area contributed by atoms with Gasteiger partial charge >= 0.3 is 12.2 Å². The number of amides is 3. The number of pyridine rings is 1. The fraction of sp³-hybridized carbons (Fsp3) is 0.533. The lowest BCUT2D eigenvalue weighted by molar-refractivity contribution is -0.141. The van der Waals surface area contributed by atoms with Gasteiger partial charge in [0.25, 0.3) is 12.3 Å². The molecule has 11 heteroatoms. The van der Waals surface area contributed by atoms with Crippen LogP contribution in [0.25, 0.3) is 0 Å². The molecule has 3 rings (SSSR count). The Hall–Kier alpha value is -2.30. The van der Waals surface area contributed by atoms with Crippen molar-refractivity contribution in [2.75, 3.05) is 24.5 Å². The number of nitrogens with one attached hydrogen (secondary N) is 1. The minimum absolute atomic E-state index is 0.148. The van der Waals surface area contributed by atoms with Crippen molar-refractivity contribution >= 4 is 17.6 Å². The largest absolute Gasteiger partial charge is 0.433 e. The number of alkyl halides is 5. The van der Waals surface area contributed by atoms with Crippen LogP contribution in [0.5, 0.6) is 0 Å². The van der Waals surface area contributed by atoms with Gasteiger partial charge in [-0.05, 0) is 38.1 Å². The zero-order chi connectivity index (χ0) is 19.1. The molecule has 3 heterocycles. The van der Waals surface area contributed by atoms with Gasteiger partial charge in [0.15, 0.2) is 0 Å². The topological polar surface area (TPSA) is 65.5 Å². The van der Waals surface area contributed by atoms with Crippen molar-refractivity contribution in [3.8, 4) is 0 Å². The highest BCUT2D eigenvalue weighted by Gasteiger charge is 2.58.